The minimum absolute atomic E-state index is 0.122. The molecule has 0 saturated heterocycles. The Bertz CT molecular complexity index is 1260. The van der Waals surface area contributed by atoms with Crippen molar-refractivity contribution in [1.29, 1.82) is 0 Å². The summed E-state index contributed by atoms with van der Waals surface area (Å²) in [7, 11) is 1.55. The number of hydrogen-bond acceptors (Lipinski definition) is 5. The largest absolute Gasteiger partial charge is 0.495 e. The van der Waals surface area contributed by atoms with Crippen LogP contribution in [0.15, 0.2) is 65.8 Å². The second kappa shape index (κ2) is 8.20. The van der Waals surface area contributed by atoms with E-state index in [0.717, 1.165) is 11.3 Å². The van der Waals surface area contributed by atoms with E-state index < -0.39 is 0 Å². The van der Waals surface area contributed by atoms with E-state index in [9.17, 15) is 9.59 Å². The lowest BCUT2D eigenvalue weighted by Crippen LogP contribution is -2.23. The second-order valence-electron chi connectivity index (χ2n) is 6.87. The van der Waals surface area contributed by atoms with E-state index in [1.165, 1.54) is 17.1 Å². The lowest BCUT2D eigenvalue weighted by Gasteiger charge is -2.11. The van der Waals surface area contributed by atoms with Crippen LogP contribution in [0.5, 0.6) is 5.75 Å². The normalized spacial score (nSPS) is 10.9. The number of nitrogens with zero attached hydrogens (tertiary/aromatic N) is 4. The van der Waals surface area contributed by atoms with Gasteiger partial charge in [-0.05, 0) is 36.8 Å². The van der Waals surface area contributed by atoms with Crippen LogP contribution < -0.4 is 15.6 Å². The minimum Gasteiger partial charge on any atom is -0.495 e. The van der Waals surface area contributed by atoms with Gasteiger partial charge in [-0.3, -0.25) is 14.2 Å². The highest BCUT2D eigenvalue weighted by molar-refractivity contribution is 5.92. The highest BCUT2D eigenvalue weighted by Gasteiger charge is 2.13. The van der Waals surface area contributed by atoms with Crippen LogP contribution >= 0.6 is 0 Å². The van der Waals surface area contributed by atoms with E-state index in [0.29, 0.717) is 22.5 Å². The smallest absolute Gasteiger partial charge is 0.264 e. The average Bonchev–Trinajstić information content (AvgIpc) is 3.19. The molecule has 2 aromatic heterocycles. The summed E-state index contributed by atoms with van der Waals surface area (Å²) in [4.78, 5) is 29.6. The highest BCUT2D eigenvalue weighted by atomic mass is 16.5. The van der Waals surface area contributed by atoms with Crippen molar-refractivity contribution < 1.29 is 9.53 Å². The zero-order valence-electron chi connectivity index (χ0n) is 16.7. The Morgan fingerprint density at radius 3 is 2.73 bits per heavy atom. The molecular weight excluding hydrogens is 382 g/mol. The number of anilines is 1. The van der Waals surface area contributed by atoms with E-state index in [-0.39, 0.29) is 24.4 Å². The number of rotatable bonds is 6. The van der Waals surface area contributed by atoms with Gasteiger partial charge < -0.3 is 10.1 Å². The number of nitrogens with one attached hydrogen (secondary N) is 1. The molecule has 2 heterocycles. The second-order valence-corrected chi connectivity index (χ2v) is 6.87. The summed E-state index contributed by atoms with van der Waals surface area (Å²) in [6.45, 7) is 2.14. The molecule has 30 heavy (non-hydrogen) atoms. The van der Waals surface area contributed by atoms with Gasteiger partial charge >= 0.3 is 0 Å². The summed E-state index contributed by atoms with van der Waals surface area (Å²) in [5.74, 6) is 0.369. The number of fused-ring (bicyclic) bond motifs is 1. The lowest BCUT2D eigenvalue weighted by atomic mass is 10.2. The van der Waals surface area contributed by atoms with Crippen molar-refractivity contribution in [3.63, 3.8) is 0 Å². The number of aromatic nitrogens is 4. The molecule has 1 amide bonds. The zero-order valence-corrected chi connectivity index (χ0v) is 16.7. The van der Waals surface area contributed by atoms with Crippen molar-refractivity contribution >= 4 is 22.6 Å². The fourth-order valence-corrected chi connectivity index (χ4v) is 3.22. The molecule has 0 spiro atoms. The predicted octanol–water partition coefficient (Wildman–Crippen LogP) is 2.93. The number of benzene rings is 2. The summed E-state index contributed by atoms with van der Waals surface area (Å²) in [6.07, 6.45) is 3.08. The SMILES string of the molecule is COc1ccc(C)cc1NC(=O)CCn1cnc2c(cnn2-c2ccccc2)c1=O. The fraction of sp³-hybridized carbons (Fsp3) is 0.182. The van der Waals surface area contributed by atoms with Crippen LogP contribution in [0.2, 0.25) is 0 Å². The van der Waals surface area contributed by atoms with Gasteiger partial charge in [0.2, 0.25) is 5.91 Å². The van der Waals surface area contributed by atoms with Gasteiger partial charge in [0.25, 0.3) is 5.56 Å². The first-order valence-corrected chi connectivity index (χ1v) is 9.50. The topological polar surface area (TPSA) is 91.0 Å². The fourth-order valence-electron chi connectivity index (χ4n) is 3.22. The standard InChI is InChI=1S/C22H21N5O3/c1-15-8-9-19(30-2)18(12-15)25-20(28)10-11-26-14-23-21-17(22(26)29)13-24-27(21)16-6-4-3-5-7-16/h3-9,12-14H,10-11H2,1-2H3,(H,25,28). The maximum Gasteiger partial charge on any atom is 0.264 e. The van der Waals surface area contributed by atoms with Crippen molar-refractivity contribution in [2.24, 2.45) is 0 Å². The molecule has 0 aliphatic rings. The van der Waals surface area contributed by atoms with Gasteiger partial charge in [-0.25, -0.2) is 9.67 Å². The Morgan fingerprint density at radius 1 is 1.17 bits per heavy atom. The molecule has 0 aliphatic heterocycles. The number of ether oxygens (including phenoxy) is 1. The van der Waals surface area contributed by atoms with Crippen LogP contribution in [0.25, 0.3) is 16.7 Å². The number of para-hydroxylation sites is 1. The molecule has 0 bridgehead atoms. The van der Waals surface area contributed by atoms with Crippen molar-refractivity contribution in [1.82, 2.24) is 19.3 Å². The van der Waals surface area contributed by atoms with E-state index in [2.05, 4.69) is 15.4 Å². The van der Waals surface area contributed by atoms with E-state index >= 15 is 0 Å². The van der Waals surface area contributed by atoms with Crippen LogP contribution in [0, 0.1) is 6.92 Å². The maximum atomic E-state index is 12.8. The molecule has 0 unspecified atom stereocenters. The molecule has 0 radical (unpaired) electrons. The van der Waals surface area contributed by atoms with E-state index in [1.807, 2.05) is 49.4 Å². The predicted molar refractivity (Wildman–Crippen MR) is 114 cm³/mol. The van der Waals surface area contributed by atoms with Crippen LogP contribution in [0.4, 0.5) is 5.69 Å². The summed E-state index contributed by atoms with van der Waals surface area (Å²) in [5.41, 5.74) is 2.68. The number of hydrogen-bond donors (Lipinski definition) is 1. The Balaban J connectivity index is 1.51. The van der Waals surface area contributed by atoms with Crippen LogP contribution in [0.3, 0.4) is 0 Å². The van der Waals surface area contributed by atoms with Gasteiger partial charge in [-0.15, -0.1) is 0 Å². The first kappa shape index (κ1) is 19.4. The molecule has 0 saturated carbocycles. The van der Waals surface area contributed by atoms with E-state index in [4.69, 9.17) is 4.74 Å². The third kappa shape index (κ3) is 3.80. The van der Waals surface area contributed by atoms with Crippen molar-refractivity contribution in [2.75, 3.05) is 12.4 Å². The molecule has 2 aromatic carbocycles. The van der Waals surface area contributed by atoms with Crippen LogP contribution in [-0.2, 0) is 11.3 Å². The van der Waals surface area contributed by atoms with Gasteiger partial charge in [0.15, 0.2) is 5.65 Å². The molecule has 4 aromatic rings. The third-order valence-corrected chi connectivity index (χ3v) is 4.76. The van der Waals surface area contributed by atoms with Gasteiger partial charge in [0.1, 0.15) is 11.1 Å². The first-order chi connectivity index (χ1) is 14.6. The molecule has 0 atom stereocenters. The summed E-state index contributed by atoms with van der Waals surface area (Å²) >= 11 is 0. The van der Waals surface area contributed by atoms with Gasteiger partial charge in [0.05, 0.1) is 31.0 Å². The first-order valence-electron chi connectivity index (χ1n) is 9.50. The molecule has 8 nitrogen and oxygen atoms in total. The quantitative estimate of drug-likeness (QED) is 0.535. The Labute approximate surface area is 172 Å². The third-order valence-electron chi connectivity index (χ3n) is 4.76. The number of aryl methyl sites for hydroxylation is 2. The molecule has 1 N–H and O–H groups in total. The molecular formula is C22H21N5O3. The molecule has 4 rings (SSSR count). The average molecular weight is 403 g/mol. The maximum absolute atomic E-state index is 12.8. The monoisotopic (exact) mass is 403 g/mol. The number of amides is 1. The molecule has 0 fully saturated rings. The summed E-state index contributed by atoms with van der Waals surface area (Å²) in [6, 6.07) is 15.0. The van der Waals surface area contributed by atoms with Crippen molar-refractivity contribution in [3.8, 4) is 11.4 Å². The number of methoxy groups -OCH3 is 1. The van der Waals surface area contributed by atoms with Gasteiger partial charge in [0, 0.05) is 13.0 Å². The lowest BCUT2D eigenvalue weighted by molar-refractivity contribution is -0.116. The summed E-state index contributed by atoms with van der Waals surface area (Å²) in [5, 5.41) is 7.54. The minimum atomic E-state index is -0.233. The van der Waals surface area contributed by atoms with Gasteiger partial charge in [-0.1, -0.05) is 24.3 Å². The number of carbonyl (C=O) groups excluding carboxylic acids is 1. The Kier molecular flexibility index (Phi) is 5.30. The van der Waals surface area contributed by atoms with Crippen LogP contribution in [-0.4, -0.2) is 32.3 Å². The Hall–Kier alpha value is -3.94. The van der Waals surface area contributed by atoms with Crippen LogP contribution in [0.1, 0.15) is 12.0 Å². The molecule has 152 valence electrons. The van der Waals surface area contributed by atoms with Gasteiger partial charge in [-0.2, -0.15) is 5.10 Å². The van der Waals surface area contributed by atoms with Crippen molar-refractivity contribution in [2.45, 2.75) is 19.9 Å². The molecule has 8 heteroatoms. The summed E-state index contributed by atoms with van der Waals surface area (Å²) < 4.78 is 8.33. The number of carbonyl (C=O) groups is 1. The highest BCUT2D eigenvalue weighted by Crippen LogP contribution is 2.25. The molecule has 0 aliphatic carbocycles. The van der Waals surface area contributed by atoms with E-state index in [1.54, 1.807) is 17.9 Å². The zero-order chi connectivity index (χ0) is 21.1. The van der Waals surface area contributed by atoms with Crippen molar-refractivity contribution in [3.05, 3.63) is 77.0 Å². The Morgan fingerprint density at radius 2 is 1.97 bits per heavy atom.